The normalized spacial score (nSPS) is 17.0. The maximum absolute atomic E-state index is 11.9. The molecule has 0 bridgehead atoms. The van der Waals surface area contributed by atoms with Gasteiger partial charge in [0.05, 0.1) is 6.54 Å². The molecule has 0 spiro atoms. The molecule has 1 fully saturated rings. The van der Waals surface area contributed by atoms with Crippen LogP contribution in [-0.4, -0.2) is 44.0 Å². The van der Waals surface area contributed by atoms with Gasteiger partial charge in [-0.2, -0.15) is 0 Å². The summed E-state index contributed by atoms with van der Waals surface area (Å²) < 4.78 is 7.16. The van der Waals surface area contributed by atoms with Crippen molar-refractivity contribution in [1.29, 1.82) is 0 Å². The Morgan fingerprint density at radius 2 is 2.04 bits per heavy atom. The van der Waals surface area contributed by atoms with Crippen molar-refractivity contribution in [3.63, 3.8) is 0 Å². The Hall–Kier alpha value is -1.70. The van der Waals surface area contributed by atoms with Crippen molar-refractivity contribution >= 4 is 6.09 Å². The lowest BCUT2D eigenvalue weighted by Gasteiger charge is -2.31. The van der Waals surface area contributed by atoms with Gasteiger partial charge in [-0.1, -0.05) is 19.8 Å². The highest BCUT2D eigenvalue weighted by Gasteiger charge is 2.34. The van der Waals surface area contributed by atoms with E-state index < -0.39 is 5.60 Å². The van der Waals surface area contributed by atoms with E-state index in [2.05, 4.69) is 33.1 Å². The summed E-state index contributed by atoms with van der Waals surface area (Å²) in [5.74, 6) is 0.834. The van der Waals surface area contributed by atoms with E-state index in [1.54, 1.807) is 0 Å². The molecule has 8 heteroatoms. The fourth-order valence-electron chi connectivity index (χ4n) is 3.03. The molecule has 24 heavy (non-hydrogen) atoms. The smallest absolute Gasteiger partial charge is 0.407 e. The van der Waals surface area contributed by atoms with E-state index in [1.165, 1.54) is 0 Å². The lowest BCUT2D eigenvalue weighted by Crippen LogP contribution is -2.52. The molecule has 2 rings (SSSR count). The summed E-state index contributed by atoms with van der Waals surface area (Å²) in [7, 11) is 0. The molecule has 1 saturated carbocycles. The SMILES string of the molecule is CCCn1nnnc1CNC1(CNC(=O)OC(C)(C)C)CCCC1. The van der Waals surface area contributed by atoms with Crippen LogP contribution in [0.3, 0.4) is 0 Å². The summed E-state index contributed by atoms with van der Waals surface area (Å²) >= 11 is 0. The van der Waals surface area contributed by atoms with Crippen LogP contribution in [0.2, 0.25) is 0 Å². The topological polar surface area (TPSA) is 94.0 Å². The van der Waals surface area contributed by atoms with Crippen molar-refractivity contribution in [2.24, 2.45) is 0 Å². The number of carbonyl (C=O) groups excluding carboxylic acids is 1. The molecule has 1 aromatic heterocycles. The molecule has 1 aliphatic carbocycles. The van der Waals surface area contributed by atoms with Gasteiger partial charge in [-0.15, -0.1) is 5.10 Å². The molecule has 0 radical (unpaired) electrons. The molecule has 1 aliphatic rings. The molecule has 0 aliphatic heterocycles. The lowest BCUT2D eigenvalue weighted by atomic mass is 9.97. The minimum absolute atomic E-state index is 0.111. The van der Waals surface area contributed by atoms with Gasteiger partial charge in [0.25, 0.3) is 0 Å². The van der Waals surface area contributed by atoms with Crippen molar-refractivity contribution in [2.75, 3.05) is 6.54 Å². The Bertz CT molecular complexity index is 531. The number of hydrogen-bond donors (Lipinski definition) is 2. The van der Waals surface area contributed by atoms with E-state index in [4.69, 9.17) is 4.74 Å². The van der Waals surface area contributed by atoms with Crippen molar-refractivity contribution in [3.05, 3.63) is 5.82 Å². The Kier molecular flexibility index (Phi) is 6.15. The maximum Gasteiger partial charge on any atom is 0.407 e. The Balaban J connectivity index is 1.90. The second kappa shape index (κ2) is 7.92. The van der Waals surface area contributed by atoms with E-state index in [-0.39, 0.29) is 11.6 Å². The van der Waals surface area contributed by atoms with Crippen molar-refractivity contribution in [3.8, 4) is 0 Å². The molecule has 0 unspecified atom stereocenters. The summed E-state index contributed by atoms with van der Waals surface area (Å²) in [5.41, 5.74) is -0.595. The van der Waals surface area contributed by atoms with Gasteiger partial charge in [-0.3, -0.25) is 0 Å². The maximum atomic E-state index is 11.9. The largest absolute Gasteiger partial charge is 0.444 e. The number of alkyl carbamates (subject to hydrolysis) is 1. The third-order valence-corrected chi connectivity index (χ3v) is 4.19. The zero-order valence-electron chi connectivity index (χ0n) is 15.3. The summed E-state index contributed by atoms with van der Waals surface area (Å²) in [5, 5.41) is 18.4. The molecule has 0 atom stereocenters. The van der Waals surface area contributed by atoms with Crippen molar-refractivity contribution in [2.45, 2.75) is 84.0 Å². The standard InChI is InChI=1S/C16H30N6O2/c1-5-10-22-13(19-20-21-22)11-18-16(8-6-7-9-16)12-17-14(23)24-15(2,3)4/h18H,5-12H2,1-4H3,(H,17,23). The Morgan fingerprint density at radius 3 is 2.67 bits per heavy atom. The molecule has 8 nitrogen and oxygen atoms in total. The number of tetrazole rings is 1. The average molecular weight is 338 g/mol. The Labute approximate surface area is 143 Å². The third kappa shape index (κ3) is 5.43. The summed E-state index contributed by atoms with van der Waals surface area (Å²) in [6.07, 6.45) is 4.98. The van der Waals surface area contributed by atoms with Gasteiger partial charge >= 0.3 is 6.09 Å². The fraction of sp³-hybridized carbons (Fsp3) is 0.875. The Morgan fingerprint density at radius 1 is 1.33 bits per heavy atom. The van der Waals surface area contributed by atoms with Crippen molar-refractivity contribution < 1.29 is 9.53 Å². The first-order valence-electron chi connectivity index (χ1n) is 8.80. The summed E-state index contributed by atoms with van der Waals surface area (Å²) in [4.78, 5) is 11.9. The zero-order chi connectivity index (χ0) is 17.6. The number of nitrogens with one attached hydrogen (secondary N) is 2. The van der Waals surface area contributed by atoms with Crippen LogP contribution in [0, 0.1) is 0 Å². The van der Waals surface area contributed by atoms with Crippen LogP contribution in [0.5, 0.6) is 0 Å². The average Bonchev–Trinajstić information content (AvgIpc) is 3.12. The van der Waals surface area contributed by atoms with Gasteiger partial charge < -0.3 is 15.4 Å². The molecule has 1 aromatic rings. The number of aromatic nitrogens is 4. The second-order valence-corrected chi connectivity index (χ2v) is 7.51. The zero-order valence-corrected chi connectivity index (χ0v) is 15.3. The van der Waals surface area contributed by atoms with E-state index in [1.807, 2.05) is 25.5 Å². The second-order valence-electron chi connectivity index (χ2n) is 7.51. The van der Waals surface area contributed by atoms with E-state index >= 15 is 0 Å². The molecule has 1 heterocycles. The quantitative estimate of drug-likeness (QED) is 0.790. The molecule has 0 aromatic carbocycles. The number of nitrogens with zero attached hydrogens (tertiary/aromatic N) is 4. The molecular formula is C16H30N6O2. The minimum Gasteiger partial charge on any atom is -0.444 e. The van der Waals surface area contributed by atoms with Crippen LogP contribution in [0.1, 0.15) is 65.6 Å². The fourth-order valence-corrected chi connectivity index (χ4v) is 3.03. The van der Waals surface area contributed by atoms with Crippen molar-refractivity contribution in [1.82, 2.24) is 30.8 Å². The third-order valence-electron chi connectivity index (χ3n) is 4.19. The highest BCUT2D eigenvalue weighted by molar-refractivity contribution is 5.67. The van der Waals surface area contributed by atoms with Crippen LogP contribution in [0.15, 0.2) is 0 Å². The first-order chi connectivity index (χ1) is 11.3. The van der Waals surface area contributed by atoms with E-state index in [0.717, 1.165) is 44.5 Å². The van der Waals surface area contributed by atoms with Gasteiger partial charge in [0.15, 0.2) is 5.82 Å². The summed E-state index contributed by atoms with van der Waals surface area (Å²) in [6, 6.07) is 0. The predicted octanol–water partition coefficient (Wildman–Crippen LogP) is 2.01. The monoisotopic (exact) mass is 338 g/mol. The molecular weight excluding hydrogens is 308 g/mol. The van der Waals surface area contributed by atoms with Gasteiger partial charge in [0, 0.05) is 18.6 Å². The van der Waals surface area contributed by atoms with Gasteiger partial charge in [-0.05, 0) is 50.5 Å². The van der Waals surface area contributed by atoms with E-state index in [9.17, 15) is 4.79 Å². The minimum atomic E-state index is -0.484. The number of rotatable bonds is 7. The first-order valence-corrected chi connectivity index (χ1v) is 8.80. The number of ether oxygens (including phenoxy) is 1. The van der Waals surface area contributed by atoms with Gasteiger partial charge in [0.2, 0.25) is 0 Å². The molecule has 136 valence electrons. The van der Waals surface area contributed by atoms with Crippen LogP contribution in [0.25, 0.3) is 0 Å². The van der Waals surface area contributed by atoms with E-state index in [0.29, 0.717) is 13.1 Å². The van der Waals surface area contributed by atoms with Gasteiger partial charge in [0.1, 0.15) is 5.60 Å². The highest BCUT2D eigenvalue weighted by atomic mass is 16.6. The summed E-state index contributed by atoms with van der Waals surface area (Å²) in [6.45, 7) is 9.66. The van der Waals surface area contributed by atoms with Crippen LogP contribution < -0.4 is 10.6 Å². The molecule has 2 N–H and O–H groups in total. The highest BCUT2D eigenvalue weighted by Crippen LogP contribution is 2.29. The van der Waals surface area contributed by atoms with Crippen LogP contribution in [-0.2, 0) is 17.8 Å². The number of amides is 1. The number of aryl methyl sites for hydroxylation is 1. The first kappa shape index (κ1) is 18.6. The molecule has 0 saturated heterocycles. The number of carbonyl (C=O) groups is 1. The molecule has 1 amide bonds. The van der Waals surface area contributed by atoms with Gasteiger partial charge in [-0.25, -0.2) is 9.48 Å². The van der Waals surface area contributed by atoms with Crippen LogP contribution in [0.4, 0.5) is 4.79 Å². The lowest BCUT2D eigenvalue weighted by molar-refractivity contribution is 0.0509. The van der Waals surface area contributed by atoms with Crippen LogP contribution >= 0.6 is 0 Å². The predicted molar refractivity (Wildman–Crippen MR) is 90.4 cm³/mol. The number of hydrogen-bond acceptors (Lipinski definition) is 6.